The SMILES string of the molecule is [2H]C1([2H])C[C@H]2C[C@H](OC)/C(C)=C/C=C/C=C/[C@@H](C)C[C@@H](C)C(=C)[C@H](OC)[C@H](O)/C(C)=C/[C@@H](C)C(=O)C[C@@H]([C@H](C)C[C@@H]3CC[C@@H](OP(C)(C)=O)[C@H](OC)C3)OC(=O)[C@@H]3CCCCN3C(=O)C(=O)[C@](O)(O2)[C@@H]1C. The number of amides is 1. The van der Waals surface area contributed by atoms with Crippen LogP contribution in [0.25, 0.3) is 0 Å². The highest BCUT2D eigenvalue weighted by molar-refractivity contribution is 7.57. The zero-order valence-electron chi connectivity index (χ0n) is 45.5. The third-order valence-corrected chi connectivity index (χ3v) is 15.5. The molecule has 1 amide bonds. The summed E-state index contributed by atoms with van der Waals surface area (Å²) in [5.41, 5.74) is 2.01. The predicted octanol–water partition coefficient (Wildman–Crippen LogP) is 8.73. The number of hydrogen-bond donors (Lipinski definition) is 2. The van der Waals surface area contributed by atoms with Gasteiger partial charge in [-0.05, 0) is 118 Å². The van der Waals surface area contributed by atoms with Gasteiger partial charge in [-0.3, -0.25) is 18.9 Å². The molecule has 0 aromatic rings. The van der Waals surface area contributed by atoms with Gasteiger partial charge in [0.2, 0.25) is 5.79 Å². The Morgan fingerprint density at radius 3 is 2.29 bits per heavy atom. The fourth-order valence-corrected chi connectivity index (χ4v) is 11.3. The molecule has 15 heteroatoms. The molecule has 1 saturated carbocycles. The molecule has 2 bridgehead atoms. The number of Topliss-reactive ketones (excluding diaryl/α,β-unsaturated/α-hetero) is 2. The van der Waals surface area contributed by atoms with Gasteiger partial charge in [0.15, 0.2) is 7.37 Å². The van der Waals surface area contributed by atoms with Crippen molar-refractivity contribution in [1.29, 1.82) is 0 Å². The minimum absolute atomic E-state index is 0.00903. The molecule has 14 nitrogen and oxygen atoms in total. The number of aliphatic hydroxyl groups excluding tert-OH is 1. The van der Waals surface area contributed by atoms with E-state index < -0.39 is 85.6 Å². The summed E-state index contributed by atoms with van der Waals surface area (Å²) in [7, 11) is 1.82. The summed E-state index contributed by atoms with van der Waals surface area (Å²) in [5.74, 6) is -8.88. The van der Waals surface area contributed by atoms with Gasteiger partial charge in [-0.1, -0.05) is 77.7 Å². The van der Waals surface area contributed by atoms with Crippen molar-refractivity contribution in [2.45, 2.75) is 180 Å². The highest BCUT2D eigenvalue weighted by Gasteiger charge is 2.53. The zero-order chi connectivity index (χ0) is 53.2. The Morgan fingerprint density at radius 1 is 0.928 bits per heavy atom. The van der Waals surface area contributed by atoms with Crippen molar-refractivity contribution in [2.75, 3.05) is 41.2 Å². The van der Waals surface area contributed by atoms with E-state index in [1.54, 1.807) is 40.4 Å². The van der Waals surface area contributed by atoms with Crippen LogP contribution in [0, 0.1) is 35.5 Å². The lowest BCUT2D eigenvalue weighted by Crippen LogP contribution is -2.61. The van der Waals surface area contributed by atoms with Crippen molar-refractivity contribution in [2.24, 2.45) is 35.5 Å². The Balaban J connectivity index is 1.74. The molecule has 390 valence electrons. The number of aliphatic hydroxyl groups is 2. The van der Waals surface area contributed by atoms with Crippen molar-refractivity contribution < 1.29 is 64.9 Å². The maximum absolute atomic E-state index is 14.6. The van der Waals surface area contributed by atoms with Crippen LogP contribution in [0.3, 0.4) is 0 Å². The molecule has 4 aliphatic rings. The number of piperidine rings is 1. The van der Waals surface area contributed by atoms with Crippen molar-refractivity contribution in [3.05, 3.63) is 59.8 Å². The zero-order valence-corrected chi connectivity index (χ0v) is 44.4. The highest BCUT2D eigenvalue weighted by atomic mass is 31.2. The quantitative estimate of drug-likeness (QED) is 0.102. The van der Waals surface area contributed by atoms with Crippen LogP contribution in [0.5, 0.6) is 0 Å². The molecule has 0 spiro atoms. The Kier molecular flexibility index (Phi) is 21.3. The average molecular weight is 990 g/mol. The van der Waals surface area contributed by atoms with Gasteiger partial charge in [-0.25, -0.2) is 4.79 Å². The number of nitrogens with zero attached hydrogens (tertiary/aromatic N) is 1. The molecule has 2 saturated heterocycles. The Morgan fingerprint density at radius 2 is 1.64 bits per heavy atom. The van der Waals surface area contributed by atoms with Crippen LogP contribution in [0.15, 0.2) is 59.8 Å². The Hall–Kier alpha value is -3.07. The number of esters is 1. The largest absolute Gasteiger partial charge is 0.460 e. The van der Waals surface area contributed by atoms with E-state index in [4.69, 9.17) is 30.9 Å². The average Bonchev–Trinajstić information content (AvgIpc) is 3.30. The van der Waals surface area contributed by atoms with Gasteiger partial charge in [0, 0.05) is 68.6 Å². The number of ketones is 2. The van der Waals surface area contributed by atoms with Gasteiger partial charge in [0.05, 0.1) is 24.4 Å². The monoisotopic (exact) mass is 990 g/mol. The molecule has 69 heavy (non-hydrogen) atoms. The molecule has 3 fully saturated rings. The number of hydrogen-bond acceptors (Lipinski definition) is 13. The van der Waals surface area contributed by atoms with Gasteiger partial charge in [-0.15, -0.1) is 0 Å². The minimum atomic E-state index is -2.87. The van der Waals surface area contributed by atoms with Crippen molar-refractivity contribution in [1.82, 2.24) is 4.90 Å². The van der Waals surface area contributed by atoms with E-state index in [1.807, 2.05) is 45.1 Å². The van der Waals surface area contributed by atoms with Crippen LogP contribution in [-0.2, 0) is 52.0 Å². The predicted molar refractivity (Wildman–Crippen MR) is 268 cm³/mol. The smallest absolute Gasteiger partial charge is 0.329 e. The summed E-state index contributed by atoms with van der Waals surface area (Å²) in [6, 6.07) is -1.24. The second-order valence-corrected chi connectivity index (χ2v) is 23.5. The first-order chi connectivity index (χ1) is 33.2. The number of allylic oxidation sites excluding steroid dienone is 6. The first-order valence-electron chi connectivity index (χ1n) is 26.0. The van der Waals surface area contributed by atoms with E-state index in [0.29, 0.717) is 49.7 Å². The van der Waals surface area contributed by atoms with Crippen LogP contribution in [0.4, 0.5) is 0 Å². The van der Waals surface area contributed by atoms with Crippen LogP contribution < -0.4 is 0 Å². The molecule has 15 atom stereocenters. The number of carbonyl (C=O) groups excluding carboxylic acids is 4. The number of ether oxygens (including phenoxy) is 5. The van der Waals surface area contributed by atoms with Crippen LogP contribution in [-0.4, -0.2) is 134 Å². The van der Waals surface area contributed by atoms with Crippen molar-refractivity contribution in [3.8, 4) is 0 Å². The van der Waals surface area contributed by atoms with E-state index in [2.05, 4.69) is 19.6 Å². The lowest BCUT2D eigenvalue weighted by Gasteiger charge is -2.42. The number of methoxy groups -OCH3 is 3. The molecule has 0 aromatic carbocycles. The molecule has 4 rings (SSSR count). The summed E-state index contributed by atoms with van der Waals surface area (Å²) in [6.45, 7) is 20.2. The third-order valence-electron chi connectivity index (χ3n) is 14.7. The van der Waals surface area contributed by atoms with Crippen LogP contribution >= 0.6 is 7.37 Å². The number of cyclic esters (lactones) is 1. The van der Waals surface area contributed by atoms with E-state index in [-0.39, 0.29) is 73.9 Å². The van der Waals surface area contributed by atoms with Gasteiger partial charge in [0.25, 0.3) is 11.7 Å². The van der Waals surface area contributed by atoms with Gasteiger partial charge < -0.3 is 43.3 Å². The molecule has 3 aliphatic heterocycles. The maximum Gasteiger partial charge on any atom is 0.329 e. The van der Waals surface area contributed by atoms with Crippen molar-refractivity contribution >= 4 is 30.8 Å². The minimum Gasteiger partial charge on any atom is -0.460 e. The normalized spacial score (nSPS) is 40.2. The summed E-state index contributed by atoms with van der Waals surface area (Å²) in [6.07, 6.45) is 8.05. The van der Waals surface area contributed by atoms with Crippen molar-refractivity contribution in [3.63, 3.8) is 0 Å². The summed E-state index contributed by atoms with van der Waals surface area (Å²) < 4.78 is 66.2. The van der Waals surface area contributed by atoms with Gasteiger partial charge >= 0.3 is 5.97 Å². The first kappa shape index (κ1) is 55.2. The lowest BCUT2D eigenvalue weighted by molar-refractivity contribution is -0.265. The molecule has 2 N–H and O–H groups in total. The molecular weight excluding hydrogens is 902 g/mol. The number of fused-ring (bicyclic) bond motifs is 3. The summed E-state index contributed by atoms with van der Waals surface area (Å²) in [5, 5.41) is 23.7. The van der Waals surface area contributed by atoms with E-state index in [1.165, 1.54) is 21.1 Å². The molecule has 1 aliphatic carbocycles. The number of carbonyl (C=O) groups is 4. The molecule has 0 unspecified atom stereocenters. The van der Waals surface area contributed by atoms with E-state index in [0.717, 1.165) is 16.9 Å². The van der Waals surface area contributed by atoms with Gasteiger partial charge in [0.1, 0.15) is 30.1 Å². The molecular formula is C54H86NO13P. The Labute approximate surface area is 415 Å². The molecule has 3 heterocycles. The van der Waals surface area contributed by atoms with E-state index in [9.17, 15) is 34.0 Å². The molecule has 0 aromatic heterocycles. The second-order valence-electron chi connectivity index (χ2n) is 20.7. The fraction of sp³-hybridized carbons (Fsp3) is 0.741. The van der Waals surface area contributed by atoms with Gasteiger partial charge in [-0.2, -0.15) is 0 Å². The molecule has 0 radical (unpaired) electrons. The second kappa shape index (κ2) is 26.6. The number of rotatable bonds is 8. The third kappa shape index (κ3) is 16.2. The van der Waals surface area contributed by atoms with Crippen LogP contribution in [0.1, 0.15) is 128 Å². The summed E-state index contributed by atoms with van der Waals surface area (Å²) >= 11 is 0. The highest BCUT2D eigenvalue weighted by Crippen LogP contribution is 2.45. The Bertz CT molecular complexity index is 2030. The topological polar surface area (TPSA) is 184 Å². The van der Waals surface area contributed by atoms with E-state index >= 15 is 0 Å². The lowest BCUT2D eigenvalue weighted by atomic mass is 9.78. The standard InChI is InChI=1S/C54H86NO13P/c1-33-19-15-14-16-20-34(2)46(63-9)31-42-24-22-39(7)54(61,67-42)51(58)52(59)55-26-18-17-21-43(55)53(60)66-47(37(5)29-41-23-25-45(48(30-41)64-10)68-69(12,13)62)32-44(56)36(4)28-38(6)49(57)50(65-11)40(8)35(3)27-33/h14-16,19-20,28,33,35-37,39,41-43,45-50,57,61H,8,17-18,21-27,29-32H2,1-7,9-13H3/b16-14+,19-15+,34-20+,38-28+/t33-,35-,36-,37-,39-,41+,42+,43+,45-,46+,47+,48-,49-,50+,54-/m1/s1/i22D2. The van der Waals surface area contributed by atoms with Crippen LogP contribution in [0.2, 0.25) is 0 Å². The first-order valence-corrected chi connectivity index (χ1v) is 27.6. The maximum atomic E-state index is 14.6. The summed E-state index contributed by atoms with van der Waals surface area (Å²) in [4.78, 5) is 58.8. The fourth-order valence-electron chi connectivity index (χ4n) is 10.4.